The van der Waals surface area contributed by atoms with Gasteiger partial charge < -0.3 is 10.0 Å². The van der Waals surface area contributed by atoms with Crippen molar-refractivity contribution in [3.8, 4) is 5.69 Å². The van der Waals surface area contributed by atoms with Gasteiger partial charge in [0.2, 0.25) is 0 Å². The third-order valence-corrected chi connectivity index (χ3v) is 4.23. The number of para-hydroxylation sites is 1. The summed E-state index contributed by atoms with van der Waals surface area (Å²) >= 11 is 0. The number of hydrogen-bond donors (Lipinski definition) is 1. The van der Waals surface area contributed by atoms with Crippen molar-refractivity contribution in [1.29, 1.82) is 0 Å². The zero-order chi connectivity index (χ0) is 17.5. The molecule has 24 heavy (non-hydrogen) atoms. The number of hydrogen-bond acceptors (Lipinski definition) is 3. The second-order valence-corrected chi connectivity index (χ2v) is 6.50. The molecular formula is C17H19F2N3O2. The average molecular weight is 335 g/mol. The quantitative estimate of drug-likeness (QED) is 0.917. The minimum absolute atomic E-state index is 0.135. The van der Waals surface area contributed by atoms with E-state index < -0.39 is 17.2 Å². The molecule has 3 rings (SSSR count). The van der Waals surface area contributed by atoms with Crippen LogP contribution in [0.25, 0.3) is 5.69 Å². The number of benzene rings is 1. The molecule has 2 heterocycles. The van der Waals surface area contributed by atoms with E-state index in [1.165, 1.54) is 17.2 Å². The van der Waals surface area contributed by atoms with E-state index in [0.29, 0.717) is 24.9 Å². The number of aryl methyl sites for hydroxylation is 1. The van der Waals surface area contributed by atoms with E-state index in [-0.39, 0.29) is 23.8 Å². The smallest absolute Gasteiger partial charge is 0.274 e. The topological polar surface area (TPSA) is 58.4 Å². The Bertz CT molecular complexity index is 766. The predicted molar refractivity (Wildman–Crippen MR) is 84.0 cm³/mol. The fourth-order valence-electron chi connectivity index (χ4n) is 3.04. The van der Waals surface area contributed by atoms with Gasteiger partial charge in [-0.15, -0.1) is 0 Å². The first kappa shape index (κ1) is 16.6. The molecule has 1 saturated heterocycles. The van der Waals surface area contributed by atoms with Gasteiger partial charge in [-0.1, -0.05) is 6.07 Å². The second-order valence-electron chi connectivity index (χ2n) is 6.50. The molecule has 1 atom stereocenters. The van der Waals surface area contributed by atoms with Gasteiger partial charge in [0.05, 0.1) is 5.60 Å². The summed E-state index contributed by atoms with van der Waals surface area (Å²) in [6, 6.07) is 3.55. The van der Waals surface area contributed by atoms with Crippen LogP contribution < -0.4 is 0 Å². The van der Waals surface area contributed by atoms with Crippen molar-refractivity contribution in [2.45, 2.75) is 32.3 Å². The van der Waals surface area contributed by atoms with Gasteiger partial charge in [-0.3, -0.25) is 4.79 Å². The lowest BCUT2D eigenvalue weighted by Crippen LogP contribution is -2.48. The van der Waals surface area contributed by atoms with Crippen LogP contribution in [0, 0.1) is 18.6 Å². The van der Waals surface area contributed by atoms with Gasteiger partial charge >= 0.3 is 0 Å². The Hall–Kier alpha value is -2.28. The van der Waals surface area contributed by atoms with Crippen LogP contribution >= 0.6 is 0 Å². The molecule has 0 unspecified atom stereocenters. The van der Waals surface area contributed by atoms with Crippen LogP contribution in [-0.2, 0) is 0 Å². The van der Waals surface area contributed by atoms with Crippen LogP contribution in [0.3, 0.4) is 0 Å². The van der Waals surface area contributed by atoms with Crippen molar-refractivity contribution < 1.29 is 18.7 Å². The van der Waals surface area contributed by atoms with Gasteiger partial charge in [-0.25, -0.2) is 13.5 Å². The number of carbonyl (C=O) groups is 1. The van der Waals surface area contributed by atoms with Crippen LogP contribution in [0.4, 0.5) is 8.78 Å². The summed E-state index contributed by atoms with van der Waals surface area (Å²) in [7, 11) is 0. The van der Waals surface area contributed by atoms with Crippen molar-refractivity contribution in [3.63, 3.8) is 0 Å². The molecule has 5 nitrogen and oxygen atoms in total. The molecule has 1 aliphatic heterocycles. The fraction of sp³-hybridized carbons (Fsp3) is 0.412. The summed E-state index contributed by atoms with van der Waals surface area (Å²) < 4.78 is 28.9. The van der Waals surface area contributed by atoms with Crippen LogP contribution in [0.1, 0.15) is 35.8 Å². The predicted octanol–water partition coefficient (Wildman–Crippen LogP) is 2.45. The molecule has 128 valence electrons. The van der Waals surface area contributed by atoms with Crippen LogP contribution in [0.15, 0.2) is 24.4 Å². The Balaban J connectivity index is 1.93. The number of aromatic nitrogens is 2. The number of amides is 1. The number of aliphatic hydroxyl groups is 1. The molecule has 7 heteroatoms. The molecule has 0 bridgehead atoms. The highest BCUT2D eigenvalue weighted by atomic mass is 19.1. The number of nitrogens with zero attached hydrogens (tertiary/aromatic N) is 3. The van der Waals surface area contributed by atoms with E-state index in [2.05, 4.69) is 5.10 Å². The Morgan fingerprint density at radius 3 is 2.62 bits per heavy atom. The molecular weight excluding hydrogens is 316 g/mol. The Morgan fingerprint density at radius 2 is 2.00 bits per heavy atom. The van der Waals surface area contributed by atoms with Crippen molar-refractivity contribution in [1.82, 2.24) is 14.7 Å². The third kappa shape index (κ3) is 3.03. The van der Waals surface area contributed by atoms with Crippen molar-refractivity contribution in [3.05, 3.63) is 47.3 Å². The molecule has 0 saturated carbocycles. The maximum Gasteiger partial charge on any atom is 0.274 e. The molecule has 1 aromatic heterocycles. The number of piperidine rings is 1. The zero-order valence-corrected chi connectivity index (χ0v) is 13.6. The maximum atomic E-state index is 13.9. The van der Waals surface area contributed by atoms with Crippen LogP contribution in [0.5, 0.6) is 0 Å². The fourth-order valence-corrected chi connectivity index (χ4v) is 3.04. The molecule has 1 aliphatic rings. The van der Waals surface area contributed by atoms with E-state index in [1.807, 2.05) is 0 Å². The molecule has 1 fully saturated rings. The maximum absolute atomic E-state index is 13.9. The van der Waals surface area contributed by atoms with Gasteiger partial charge in [-0.05, 0) is 38.8 Å². The number of carbonyl (C=O) groups excluding carboxylic acids is 1. The number of likely N-dealkylation sites (tertiary alicyclic amines) is 1. The summed E-state index contributed by atoms with van der Waals surface area (Å²) in [5.41, 5.74) is -0.587. The Kier molecular flexibility index (Phi) is 4.13. The minimum Gasteiger partial charge on any atom is -0.388 e. The van der Waals surface area contributed by atoms with Crippen LogP contribution in [-0.4, -0.2) is 44.4 Å². The highest BCUT2D eigenvalue weighted by Gasteiger charge is 2.33. The van der Waals surface area contributed by atoms with E-state index in [9.17, 15) is 18.7 Å². The SMILES string of the molecule is Cc1cn(-c2c(F)cccc2F)nc1C(=O)N1CCC[C@@](C)(O)C1. The largest absolute Gasteiger partial charge is 0.388 e. The summed E-state index contributed by atoms with van der Waals surface area (Å²) in [5, 5.41) is 14.2. The average Bonchev–Trinajstić information content (AvgIpc) is 2.87. The molecule has 1 N–H and O–H groups in total. The number of rotatable bonds is 2. The lowest BCUT2D eigenvalue weighted by Gasteiger charge is -2.36. The van der Waals surface area contributed by atoms with Gasteiger partial charge in [-0.2, -0.15) is 5.10 Å². The highest BCUT2D eigenvalue weighted by molar-refractivity contribution is 5.93. The first-order valence-electron chi connectivity index (χ1n) is 7.81. The first-order valence-corrected chi connectivity index (χ1v) is 7.81. The van der Waals surface area contributed by atoms with E-state index in [4.69, 9.17) is 0 Å². The van der Waals surface area contributed by atoms with Gasteiger partial charge in [0.25, 0.3) is 5.91 Å². The minimum atomic E-state index is -0.929. The molecule has 0 aliphatic carbocycles. The van der Waals surface area contributed by atoms with E-state index in [0.717, 1.165) is 16.8 Å². The molecule has 1 amide bonds. The highest BCUT2D eigenvalue weighted by Crippen LogP contribution is 2.23. The lowest BCUT2D eigenvalue weighted by molar-refractivity contribution is -0.0109. The Morgan fingerprint density at radius 1 is 1.33 bits per heavy atom. The normalized spacial score (nSPS) is 21.1. The summed E-state index contributed by atoms with van der Waals surface area (Å²) in [6.45, 7) is 4.09. The Labute approximate surface area is 138 Å². The first-order chi connectivity index (χ1) is 11.3. The molecule has 1 aromatic carbocycles. The van der Waals surface area contributed by atoms with Crippen molar-refractivity contribution in [2.24, 2.45) is 0 Å². The second kappa shape index (κ2) is 5.98. The third-order valence-electron chi connectivity index (χ3n) is 4.23. The van der Waals surface area contributed by atoms with Gasteiger partial charge in [0.1, 0.15) is 5.69 Å². The van der Waals surface area contributed by atoms with E-state index in [1.54, 1.807) is 13.8 Å². The summed E-state index contributed by atoms with van der Waals surface area (Å²) in [4.78, 5) is 14.2. The van der Waals surface area contributed by atoms with Gasteiger partial charge in [0, 0.05) is 24.8 Å². The molecule has 0 radical (unpaired) electrons. The molecule has 2 aromatic rings. The van der Waals surface area contributed by atoms with Crippen LogP contribution in [0.2, 0.25) is 0 Å². The standard InChI is InChI=1S/C17H19F2N3O2/c1-11-9-22(15-12(18)5-3-6-13(15)19)20-14(11)16(23)21-8-4-7-17(2,24)10-21/h3,5-6,9,24H,4,7-8,10H2,1-2H3/t17-/m1/s1. The number of β-amino-alcohol motifs (C(OH)–C–C–N with tert-alkyl or cyclic N) is 1. The summed E-state index contributed by atoms with van der Waals surface area (Å²) in [5.74, 6) is -1.85. The van der Waals surface area contributed by atoms with Crippen molar-refractivity contribution in [2.75, 3.05) is 13.1 Å². The lowest BCUT2D eigenvalue weighted by atomic mass is 9.95. The monoisotopic (exact) mass is 335 g/mol. The molecule has 0 spiro atoms. The van der Waals surface area contributed by atoms with Gasteiger partial charge in [0.15, 0.2) is 17.3 Å². The van der Waals surface area contributed by atoms with E-state index >= 15 is 0 Å². The van der Waals surface area contributed by atoms with Crippen molar-refractivity contribution >= 4 is 5.91 Å². The number of halogens is 2. The summed E-state index contributed by atoms with van der Waals surface area (Å²) in [6.07, 6.45) is 2.75. The zero-order valence-electron chi connectivity index (χ0n) is 13.6.